The lowest BCUT2D eigenvalue weighted by atomic mass is 9.77. The van der Waals surface area contributed by atoms with Crippen LogP contribution in [0.1, 0.15) is 36.4 Å². The molecule has 7 heteroatoms. The summed E-state index contributed by atoms with van der Waals surface area (Å²) in [6.07, 6.45) is 5.09. The average Bonchev–Trinajstić information content (AvgIpc) is 2.51. The molecule has 24 heavy (non-hydrogen) atoms. The first-order valence-corrected chi connectivity index (χ1v) is 10.3. The van der Waals surface area contributed by atoms with Crippen molar-refractivity contribution in [2.75, 3.05) is 25.9 Å². The lowest BCUT2D eigenvalue weighted by Crippen LogP contribution is -2.57. The highest BCUT2D eigenvalue weighted by molar-refractivity contribution is 7.88. The summed E-state index contributed by atoms with van der Waals surface area (Å²) < 4.78 is 39.7. The Labute approximate surface area is 149 Å². The zero-order valence-corrected chi connectivity index (χ0v) is 15.5. The van der Waals surface area contributed by atoms with Gasteiger partial charge in [0.2, 0.25) is 10.0 Å². The van der Waals surface area contributed by atoms with Crippen molar-refractivity contribution >= 4 is 22.4 Å². The van der Waals surface area contributed by atoms with E-state index >= 15 is 0 Å². The lowest BCUT2D eigenvalue weighted by molar-refractivity contribution is 0.0221. The van der Waals surface area contributed by atoms with E-state index in [-0.39, 0.29) is 30.3 Å². The summed E-state index contributed by atoms with van der Waals surface area (Å²) in [6.45, 7) is 2.55. The molecule has 0 bridgehead atoms. The highest BCUT2D eigenvalue weighted by Crippen LogP contribution is 2.43. The second-order valence-corrected chi connectivity index (χ2v) is 9.12. The molecule has 0 radical (unpaired) electrons. The van der Waals surface area contributed by atoms with Crippen LogP contribution in [0, 0.1) is 11.7 Å². The van der Waals surface area contributed by atoms with Gasteiger partial charge in [-0.25, -0.2) is 12.8 Å². The van der Waals surface area contributed by atoms with E-state index in [1.807, 2.05) is 6.07 Å². The normalized spacial score (nSPS) is 30.7. The number of hydrogen-bond acceptors (Lipinski definition) is 3. The summed E-state index contributed by atoms with van der Waals surface area (Å²) in [4.78, 5) is 2.44. The van der Waals surface area contributed by atoms with Gasteiger partial charge in [0.25, 0.3) is 0 Å². The molecule has 0 aliphatic carbocycles. The molecular weight excluding hydrogens is 351 g/mol. The highest BCUT2D eigenvalue weighted by Gasteiger charge is 2.44. The molecule has 3 aliphatic rings. The van der Waals surface area contributed by atoms with E-state index < -0.39 is 10.0 Å². The molecular formula is C17H24ClFN2O2S. The monoisotopic (exact) mass is 374 g/mol. The molecule has 3 atom stereocenters. The first kappa shape index (κ1) is 18.1. The predicted molar refractivity (Wildman–Crippen MR) is 94.3 cm³/mol. The van der Waals surface area contributed by atoms with Gasteiger partial charge in [0, 0.05) is 31.7 Å². The largest absolute Gasteiger partial charge is 0.296 e. The van der Waals surface area contributed by atoms with Crippen LogP contribution >= 0.6 is 12.4 Å². The van der Waals surface area contributed by atoms with Crippen molar-refractivity contribution in [3.05, 3.63) is 35.1 Å². The smallest absolute Gasteiger partial charge is 0.211 e. The summed E-state index contributed by atoms with van der Waals surface area (Å²) >= 11 is 0. The number of nitrogens with zero attached hydrogens (tertiary/aromatic N) is 2. The van der Waals surface area contributed by atoms with E-state index in [0.29, 0.717) is 12.5 Å². The fourth-order valence-corrected chi connectivity index (χ4v) is 5.99. The van der Waals surface area contributed by atoms with Crippen LogP contribution in [0.15, 0.2) is 18.2 Å². The minimum atomic E-state index is -3.18. The third kappa shape index (κ3) is 3.09. The standard InChI is InChI=1S/C17H23FN2O2S.ClH/c1-23(21,22)20-7-2-3-13-11-19-8-6-12-4-5-14(18)9-15(12)17(19)10-16(13)20;/h4-5,9,13,16-17H,2-3,6-8,10-11H2,1H3;1H/t13-,16+,17-;/m1./s1. The predicted octanol–water partition coefficient (Wildman–Crippen LogP) is 2.59. The molecule has 0 amide bonds. The third-order valence-corrected chi connectivity index (χ3v) is 7.11. The Morgan fingerprint density at radius 2 is 2.04 bits per heavy atom. The van der Waals surface area contributed by atoms with Gasteiger partial charge in [-0.2, -0.15) is 4.31 Å². The maximum Gasteiger partial charge on any atom is 0.211 e. The molecule has 1 aromatic carbocycles. The molecule has 0 spiro atoms. The van der Waals surface area contributed by atoms with Crippen molar-refractivity contribution in [2.45, 2.75) is 37.8 Å². The first-order chi connectivity index (χ1) is 10.9. The van der Waals surface area contributed by atoms with Gasteiger partial charge >= 0.3 is 0 Å². The van der Waals surface area contributed by atoms with Gasteiger partial charge in [-0.15, -0.1) is 12.4 Å². The quantitative estimate of drug-likeness (QED) is 0.758. The van der Waals surface area contributed by atoms with E-state index in [1.54, 1.807) is 10.4 Å². The summed E-state index contributed by atoms with van der Waals surface area (Å²) in [6, 6.07) is 5.29. The fraction of sp³-hybridized carbons (Fsp3) is 0.647. The molecule has 1 aromatic rings. The van der Waals surface area contributed by atoms with Crippen molar-refractivity contribution in [3.8, 4) is 0 Å². The van der Waals surface area contributed by atoms with Crippen molar-refractivity contribution in [3.63, 3.8) is 0 Å². The lowest BCUT2D eigenvalue weighted by Gasteiger charge is -2.51. The second-order valence-electron chi connectivity index (χ2n) is 7.18. The first-order valence-electron chi connectivity index (χ1n) is 8.42. The van der Waals surface area contributed by atoms with Gasteiger partial charge in [0.1, 0.15) is 5.82 Å². The molecule has 2 fully saturated rings. The van der Waals surface area contributed by atoms with Crippen LogP contribution in [0.3, 0.4) is 0 Å². The zero-order valence-electron chi connectivity index (χ0n) is 13.8. The molecule has 3 aliphatic heterocycles. The van der Waals surface area contributed by atoms with Crippen molar-refractivity contribution in [2.24, 2.45) is 5.92 Å². The van der Waals surface area contributed by atoms with Crippen LogP contribution in [0.4, 0.5) is 4.39 Å². The summed E-state index contributed by atoms with van der Waals surface area (Å²) in [7, 11) is -3.18. The number of sulfonamides is 1. The number of rotatable bonds is 1. The Morgan fingerprint density at radius 1 is 1.25 bits per heavy atom. The molecule has 3 heterocycles. The van der Waals surface area contributed by atoms with E-state index in [1.165, 1.54) is 17.9 Å². The minimum absolute atomic E-state index is 0. The van der Waals surface area contributed by atoms with Gasteiger partial charge in [-0.1, -0.05) is 6.07 Å². The molecule has 2 saturated heterocycles. The second kappa shape index (κ2) is 6.56. The van der Waals surface area contributed by atoms with E-state index in [9.17, 15) is 12.8 Å². The maximum atomic E-state index is 13.7. The number of benzene rings is 1. The molecule has 134 valence electrons. The Balaban J connectivity index is 0.00000169. The Morgan fingerprint density at radius 3 is 2.79 bits per heavy atom. The van der Waals surface area contributed by atoms with Gasteiger partial charge in [-0.3, -0.25) is 4.90 Å². The van der Waals surface area contributed by atoms with Gasteiger partial charge in [0.15, 0.2) is 0 Å². The van der Waals surface area contributed by atoms with Crippen molar-refractivity contribution in [1.82, 2.24) is 9.21 Å². The summed E-state index contributed by atoms with van der Waals surface area (Å²) in [5.41, 5.74) is 2.28. The fourth-order valence-electron chi connectivity index (χ4n) is 4.78. The van der Waals surface area contributed by atoms with Crippen molar-refractivity contribution in [1.29, 1.82) is 0 Å². The van der Waals surface area contributed by atoms with Crippen molar-refractivity contribution < 1.29 is 12.8 Å². The van der Waals surface area contributed by atoms with E-state index in [4.69, 9.17) is 0 Å². The summed E-state index contributed by atoms with van der Waals surface area (Å²) in [5, 5.41) is 0. The molecule has 4 nitrogen and oxygen atoms in total. The highest BCUT2D eigenvalue weighted by atomic mass is 35.5. The number of fused-ring (bicyclic) bond motifs is 4. The van der Waals surface area contributed by atoms with E-state index in [0.717, 1.165) is 44.3 Å². The topological polar surface area (TPSA) is 40.6 Å². The zero-order chi connectivity index (χ0) is 16.2. The molecule has 4 rings (SSSR count). The van der Waals surface area contributed by atoms with Gasteiger partial charge in [0.05, 0.1) is 6.26 Å². The Bertz CT molecular complexity index is 727. The SMILES string of the molecule is CS(=O)(=O)N1CCC[C@@H]2CN3CCc4ccc(F)cc4[C@H]3C[C@@H]21.Cl. The Kier molecular flexibility index (Phi) is 4.95. The minimum Gasteiger partial charge on any atom is -0.296 e. The van der Waals surface area contributed by atoms with Crippen LogP contribution < -0.4 is 0 Å². The van der Waals surface area contributed by atoms with Crippen LogP contribution in [-0.4, -0.2) is 49.6 Å². The van der Waals surface area contributed by atoms with Gasteiger partial charge in [-0.05, 0) is 54.9 Å². The van der Waals surface area contributed by atoms with Crippen LogP contribution in [-0.2, 0) is 16.4 Å². The number of hydrogen-bond donors (Lipinski definition) is 0. The Hall–Kier alpha value is -0.690. The van der Waals surface area contributed by atoms with Crippen LogP contribution in [0.5, 0.6) is 0 Å². The van der Waals surface area contributed by atoms with Crippen LogP contribution in [0.2, 0.25) is 0 Å². The molecule has 0 unspecified atom stereocenters. The molecule has 0 aromatic heterocycles. The molecule has 0 N–H and O–H groups in total. The maximum absolute atomic E-state index is 13.7. The third-order valence-electron chi connectivity index (χ3n) is 5.80. The molecule has 0 saturated carbocycles. The summed E-state index contributed by atoms with van der Waals surface area (Å²) in [5.74, 6) is 0.209. The van der Waals surface area contributed by atoms with Crippen LogP contribution in [0.25, 0.3) is 0 Å². The number of piperidine rings is 2. The van der Waals surface area contributed by atoms with Gasteiger partial charge < -0.3 is 0 Å². The van der Waals surface area contributed by atoms with E-state index in [2.05, 4.69) is 4.90 Å². The average molecular weight is 375 g/mol. The number of halogens is 2.